The Morgan fingerprint density at radius 1 is 1.02 bits per heavy atom. The van der Waals surface area contributed by atoms with Gasteiger partial charge in [0.2, 0.25) is 0 Å². The fourth-order valence-electron chi connectivity index (χ4n) is 5.62. The molecule has 2 atom stereocenters. The molecular weight excluding hydrogens is 575 g/mol. The third-order valence-corrected chi connectivity index (χ3v) is 9.26. The third-order valence-electron chi connectivity index (χ3n) is 7.70. The minimum Gasteiger partial charge on any atom is -0.334 e. The summed E-state index contributed by atoms with van der Waals surface area (Å²) in [4.78, 5) is 33.9. The van der Waals surface area contributed by atoms with Gasteiger partial charge < -0.3 is 10.2 Å². The normalized spacial score (nSPS) is 21.6. The Hall–Kier alpha value is -3.53. The number of aromatic nitrogens is 3. The van der Waals surface area contributed by atoms with Gasteiger partial charge in [0.1, 0.15) is 0 Å². The van der Waals surface area contributed by atoms with E-state index in [1.165, 1.54) is 17.0 Å². The zero-order valence-electron chi connectivity index (χ0n) is 21.6. The number of piperidine rings is 1. The molecule has 16 heteroatoms. The van der Waals surface area contributed by atoms with Crippen molar-refractivity contribution < 1.29 is 35.2 Å². The lowest BCUT2D eigenvalue weighted by Gasteiger charge is -2.34. The number of urea groups is 1. The van der Waals surface area contributed by atoms with Crippen molar-refractivity contribution in [1.29, 1.82) is 0 Å². The molecule has 41 heavy (non-hydrogen) atoms. The summed E-state index contributed by atoms with van der Waals surface area (Å²) < 4.78 is 95.3. The first-order valence-electron chi connectivity index (χ1n) is 13.0. The van der Waals surface area contributed by atoms with E-state index in [0.29, 0.717) is 24.0 Å². The highest BCUT2D eigenvalue weighted by molar-refractivity contribution is 7.90. The Bertz CT molecular complexity index is 1600. The van der Waals surface area contributed by atoms with Crippen LogP contribution in [0.3, 0.4) is 0 Å². The van der Waals surface area contributed by atoms with Crippen LogP contribution in [0.1, 0.15) is 43.2 Å². The number of carbonyl (C=O) groups is 1. The Labute approximate surface area is 231 Å². The molecule has 2 fully saturated rings. The Balaban J connectivity index is 1.29. The zero-order valence-corrected chi connectivity index (χ0v) is 22.4. The van der Waals surface area contributed by atoms with Crippen LogP contribution < -0.4 is 11.0 Å². The van der Waals surface area contributed by atoms with Crippen LogP contribution in [0.15, 0.2) is 41.3 Å². The van der Waals surface area contributed by atoms with E-state index in [2.05, 4.69) is 15.3 Å². The molecule has 0 spiro atoms. The number of fused-ring (bicyclic) bond motifs is 1. The highest BCUT2D eigenvalue weighted by atomic mass is 32.2. The molecule has 5 rings (SSSR count). The second-order valence-electron chi connectivity index (χ2n) is 10.2. The Morgan fingerprint density at radius 2 is 1.76 bits per heavy atom. The number of H-pyrrole nitrogens is 1. The molecule has 4 heterocycles. The van der Waals surface area contributed by atoms with Crippen molar-refractivity contribution in [1.82, 2.24) is 29.1 Å². The first-order chi connectivity index (χ1) is 19.4. The van der Waals surface area contributed by atoms with Crippen molar-refractivity contribution in [3.63, 3.8) is 0 Å². The van der Waals surface area contributed by atoms with Crippen LogP contribution >= 0.6 is 0 Å². The van der Waals surface area contributed by atoms with Gasteiger partial charge in [-0.25, -0.2) is 31.8 Å². The molecule has 2 aliphatic rings. The lowest BCUT2D eigenvalue weighted by molar-refractivity contribution is -0.0490. The average molecular weight is 603 g/mol. The molecule has 0 saturated carbocycles. The van der Waals surface area contributed by atoms with Crippen LogP contribution in [-0.2, 0) is 10.0 Å². The number of pyridine rings is 1. The van der Waals surface area contributed by atoms with Gasteiger partial charge in [0.05, 0.1) is 5.52 Å². The van der Waals surface area contributed by atoms with Crippen LogP contribution in [-0.4, -0.2) is 75.9 Å². The highest BCUT2D eigenvalue weighted by Gasteiger charge is 2.51. The number of likely N-dealkylation sites (tertiary alicyclic amines) is 1. The summed E-state index contributed by atoms with van der Waals surface area (Å²) in [6.45, 7) is -0.933. The lowest BCUT2D eigenvalue weighted by Crippen LogP contribution is -2.52. The zero-order chi connectivity index (χ0) is 29.5. The minimum atomic E-state index is -5.82. The maximum atomic E-state index is 14.5. The van der Waals surface area contributed by atoms with E-state index >= 15 is 0 Å². The van der Waals surface area contributed by atoms with Gasteiger partial charge in [-0.15, -0.1) is 0 Å². The molecular formula is C25H27F5N6O4S. The molecule has 2 aliphatic heterocycles. The average Bonchev–Trinajstić information content (AvgIpc) is 3.11. The van der Waals surface area contributed by atoms with Gasteiger partial charge in [-0.3, -0.25) is 9.55 Å². The second-order valence-corrected chi connectivity index (χ2v) is 12.2. The highest BCUT2D eigenvalue weighted by Crippen LogP contribution is 2.35. The van der Waals surface area contributed by atoms with Crippen LogP contribution in [0.5, 0.6) is 0 Å². The molecule has 1 aromatic carbocycles. The molecule has 2 N–H and O–H groups in total. The first kappa shape index (κ1) is 29.0. The smallest absolute Gasteiger partial charge is 0.334 e. The van der Waals surface area contributed by atoms with Gasteiger partial charge in [0.15, 0.2) is 17.3 Å². The summed E-state index contributed by atoms with van der Waals surface area (Å²) in [5.74, 6) is -3.52. The number of aromatic amines is 1. The van der Waals surface area contributed by atoms with Crippen LogP contribution in [0.2, 0.25) is 0 Å². The lowest BCUT2D eigenvalue weighted by atomic mass is 9.93. The van der Waals surface area contributed by atoms with Gasteiger partial charge in [-0.1, -0.05) is 12.1 Å². The van der Waals surface area contributed by atoms with Crippen molar-refractivity contribution in [3.05, 3.63) is 64.2 Å². The number of benzene rings is 1. The summed E-state index contributed by atoms with van der Waals surface area (Å²) in [6, 6.07) is 4.91. The number of alkyl halides is 3. The number of nitrogens with one attached hydrogen (secondary N) is 2. The molecule has 2 aromatic heterocycles. The summed E-state index contributed by atoms with van der Waals surface area (Å²) in [5.41, 5.74) is -5.09. The van der Waals surface area contributed by atoms with E-state index < -0.39 is 58.2 Å². The number of halogens is 5. The van der Waals surface area contributed by atoms with Crippen molar-refractivity contribution >= 4 is 27.2 Å². The van der Waals surface area contributed by atoms with Gasteiger partial charge in [-0.05, 0) is 49.4 Å². The third kappa shape index (κ3) is 5.66. The molecule has 2 saturated heterocycles. The number of sulfonamides is 1. The van der Waals surface area contributed by atoms with E-state index in [0.717, 1.165) is 6.07 Å². The number of rotatable bonds is 4. The molecule has 3 aromatic rings. The first-order valence-corrected chi connectivity index (χ1v) is 14.4. The van der Waals surface area contributed by atoms with Crippen LogP contribution in [0.25, 0.3) is 11.2 Å². The number of amides is 2. The molecule has 0 aliphatic carbocycles. The topological polar surface area (TPSA) is 120 Å². The van der Waals surface area contributed by atoms with Crippen molar-refractivity contribution in [3.8, 4) is 0 Å². The van der Waals surface area contributed by atoms with E-state index in [9.17, 15) is 40.0 Å². The van der Waals surface area contributed by atoms with Crippen molar-refractivity contribution in [2.45, 2.75) is 49.2 Å². The molecule has 2 amide bonds. The largest absolute Gasteiger partial charge is 0.511 e. The number of imidazole rings is 1. The summed E-state index contributed by atoms with van der Waals surface area (Å²) >= 11 is 0. The monoisotopic (exact) mass is 602 g/mol. The Morgan fingerprint density at radius 3 is 2.46 bits per heavy atom. The minimum absolute atomic E-state index is 0.00872. The number of hydrogen-bond acceptors (Lipinski definition) is 5. The summed E-state index contributed by atoms with van der Waals surface area (Å²) in [5, 5.41) is 2.63. The fourth-order valence-corrected chi connectivity index (χ4v) is 6.66. The fraction of sp³-hybridized carbons (Fsp3) is 0.480. The van der Waals surface area contributed by atoms with Gasteiger partial charge in [0, 0.05) is 50.4 Å². The van der Waals surface area contributed by atoms with E-state index in [4.69, 9.17) is 0 Å². The molecule has 0 radical (unpaired) electrons. The predicted octanol–water partition coefficient (Wildman–Crippen LogP) is 3.45. The van der Waals surface area contributed by atoms with Crippen molar-refractivity contribution in [2.24, 2.45) is 0 Å². The molecule has 10 nitrogen and oxygen atoms in total. The maximum absolute atomic E-state index is 14.5. The van der Waals surface area contributed by atoms with E-state index in [1.54, 1.807) is 22.9 Å². The Kier molecular flexibility index (Phi) is 7.80. The predicted molar refractivity (Wildman–Crippen MR) is 137 cm³/mol. The van der Waals surface area contributed by atoms with Gasteiger partial charge >= 0.3 is 27.3 Å². The number of hydrogen-bond donors (Lipinski definition) is 2. The second kappa shape index (κ2) is 11.0. The van der Waals surface area contributed by atoms with E-state index in [-0.39, 0.29) is 47.5 Å². The summed E-state index contributed by atoms with van der Waals surface area (Å²) in [6.07, 6.45) is 2.45. The van der Waals surface area contributed by atoms with Gasteiger partial charge in [0.25, 0.3) is 0 Å². The van der Waals surface area contributed by atoms with Crippen LogP contribution in [0.4, 0.5) is 26.7 Å². The van der Waals surface area contributed by atoms with E-state index in [1.807, 2.05) is 0 Å². The van der Waals surface area contributed by atoms with Crippen molar-refractivity contribution in [2.75, 3.05) is 26.2 Å². The maximum Gasteiger partial charge on any atom is 0.511 e. The van der Waals surface area contributed by atoms with Gasteiger partial charge in [-0.2, -0.15) is 17.5 Å². The number of carbonyl (C=O) groups excluding carboxylic acids is 1. The molecule has 0 unspecified atom stereocenters. The quantitative estimate of drug-likeness (QED) is 0.444. The number of nitrogens with zero attached hydrogens (tertiary/aromatic N) is 4. The standard InChI is InChI=1S/C25H27F5N6O4S/c26-19-4-1-3-18(21(19)27)15-6-7-16(14-35(13-15)41(39,40)25(28,29)30)32-23(37)34-11-8-17(9-12-34)36-20-5-2-10-31-22(20)33-24(36)38/h1-5,10,15-17H,6-9,11-14H2,(H,32,37)(H,31,33,38)/t15-,16-/m1/s1. The molecule has 0 bridgehead atoms. The van der Waals surface area contributed by atoms with Crippen LogP contribution in [0, 0.1) is 11.6 Å². The SMILES string of the molecule is O=C(N[C@@H]1CC[C@@H](c2cccc(F)c2F)CN(S(=O)(=O)C(F)(F)F)C1)N1CCC(n2c(=O)[nH]c3ncccc32)CC1. The molecule has 222 valence electrons. The summed E-state index contributed by atoms with van der Waals surface area (Å²) in [7, 11) is -5.82.